The quantitative estimate of drug-likeness (QED) is 0.530. The van der Waals surface area contributed by atoms with Gasteiger partial charge in [0, 0.05) is 13.1 Å². The zero-order chi connectivity index (χ0) is 8.43. The van der Waals surface area contributed by atoms with Crippen molar-refractivity contribution in [2.45, 2.75) is 19.5 Å². The number of piperazine rings is 1. The topological polar surface area (TPSA) is 6.48 Å². The van der Waals surface area contributed by atoms with E-state index in [1.165, 1.54) is 9.80 Å². The Morgan fingerprint density at radius 2 is 1.91 bits per heavy atom. The van der Waals surface area contributed by atoms with Crippen LogP contribution in [0.2, 0.25) is 0 Å². The minimum Gasteiger partial charge on any atom is -0.272 e. The van der Waals surface area contributed by atoms with E-state index in [1.807, 2.05) is 6.92 Å². The van der Waals surface area contributed by atoms with Crippen LogP contribution in [0.25, 0.3) is 0 Å². The molecule has 0 saturated carbocycles. The number of nitrogens with zero attached hydrogens (tertiary/aromatic N) is 2. The van der Waals surface area contributed by atoms with Gasteiger partial charge >= 0.3 is 0 Å². The molecular weight excluding hydrogens is 150 g/mol. The van der Waals surface area contributed by atoms with Gasteiger partial charge in [-0.1, -0.05) is 6.92 Å². The minimum atomic E-state index is -1.01. The smallest absolute Gasteiger partial charge is 0.166 e. The summed E-state index contributed by atoms with van der Waals surface area (Å²) in [6.45, 7) is 2.78. The van der Waals surface area contributed by atoms with E-state index < -0.39 is 12.6 Å². The van der Waals surface area contributed by atoms with Gasteiger partial charge in [-0.2, -0.15) is 0 Å². The summed E-state index contributed by atoms with van der Waals surface area (Å²) in [5.41, 5.74) is 0. The van der Waals surface area contributed by atoms with Crippen LogP contribution in [0, 0.1) is 0 Å². The molecule has 0 bridgehead atoms. The van der Waals surface area contributed by atoms with Gasteiger partial charge in [-0.15, -0.1) is 0 Å². The first-order chi connectivity index (χ1) is 5.15. The molecule has 1 aliphatic heterocycles. The van der Waals surface area contributed by atoms with Crippen molar-refractivity contribution in [2.24, 2.45) is 0 Å². The molecule has 1 rings (SSSR count). The number of halogens is 2. The van der Waals surface area contributed by atoms with Gasteiger partial charge in [-0.3, -0.25) is 9.80 Å². The largest absolute Gasteiger partial charge is 0.272 e. The predicted octanol–water partition coefficient (Wildman–Crippen LogP) is 0.845. The highest BCUT2D eigenvalue weighted by Crippen LogP contribution is 2.14. The van der Waals surface area contributed by atoms with Gasteiger partial charge in [0.05, 0.1) is 0 Å². The molecule has 0 spiro atoms. The van der Waals surface area contributed by atoms with E-state index >= 15 is 0 Å². The Hall–Kier alpha value is -0.220. The molecular formula is C7H14F2N2. The molecule has 2 atom stereocenters. The third-order valence-electron chi connectivity index (χ3n) is 2.10. The Morgan fingerprint density at radius 3 is 2.45 bits per heavy atom. The Morgan fingerprint density at radius 1 is 1.27 bits per heavy atom. The highest BCUT2D eigenvalue weighted by Gasteiger charge is 2.30. The number of alkyl halides is 2. The van der Waals surface area contributed by atoms with E-state index in [0.29, 0.717) is 6.54 Å². The average Bonchev–Trinajstić information content (AvgIpc) is 1.97. The van der Waals surface area contributed by atoms with Crippen molar-refractivity contribution in [3.63, 3.8) is 0 Å². The van der Waals surface area contributed by atoms with Crippen molar-refractivity contribution in [3.05, 3.63) is 0 Å². The number of hydrogen-bond acceptors (Lipinski definition) is 2. The molecule has 1 heterocycles. The van der Waals surface area contributed by atoms with Gasteiger partial charge in [-0.05, 0) is 13.6 Å². The second-order valence-corrected chi connectivity index (χ2v) is 2.90. The second kappa shape index (κ2) is 3.45. The summed E-state index contributed by atoms with van der Waals surface area (Å²) in [6, 6.07) is 0. The standard InChI is InChI=1S/C7H14F2N2/c1-3-11-5-6(8)10(2)4-7(11)9/h6-7H,3-5H2,1-2H3. The molecule has 0 aromatic carbocycles. The SMILES string of the molecule is CCN1CC(F)N(C)CC1F. The van der Waals surface area contributed by atoms with Crippen molar-refractivity contribution < 1.29 is 8.78 Å². The third kappa shape index (κ3) is 1.87. The van der Waals surface area contributed by atoms with E-state index in [-0.39, 0.29) is 13.1 Å². The van der Waals surface area contributed by atoms with Crippen LogP contribution in [0.1, 0.15) is 6.92 Å². The summed E-state index contributed by atoms with van der Waals surface area (Å²) in [5.74, 6) is 0. The van der Waals surface area contributed by atoms with Crippen molar-refractivity contribution in [3.8, 4) is 0 Å². The molecule has 11 heavy (non-hydrogen) atoms. The number of rotatable bonds is 1. The summed E-state index contributed by atoms with van der Waals surface area (Å²) >= 11 is 0. The van der Waals surface area contributed by atoms with Crippen LogP contribution in [0.15, 0.2) is 0 Å². The molecule has 2 nitrogen and oxygen atoms in total. The summed E-state index contributed by atoms with van der Waals surface area (Å²) in [5, 5.41) is 0. The third-order valence-corrected chi connectivity index (χ3v) is 2.10. The molecule has 66 valence electrons. The molecule has 2 unspecified atom stereocenters. The van der Waals surface area contributed by atoms with Crippen LogP contribution >= 0.6 is 0 Å². The first-order valence-electron chi connectivity index (χ1n) is 3.87. The highest BCUT2D eigenvalue weighted by molar-refractivity contribution is 4.75. The van der Waals surface area contributed by atoms with Crippen LogP contribution in [0.3, 0.4) is 0 Å². The summed E-state index contributed by atoms with van der Waals surface area (Å²) in [7, 11) is 1.60. The molecule has 1 saturated heterocycles. The molecule has 1 fully saturated rings. The minimum absolute atomic E-state index is 0.176. The molecule has 0 aromatic heterocycles. The Bertz CT molecular complexity index is 132. The first kappa shape index (κ1) is 8.87. The van der Waals surface area contributed by atoms with Gasteiger partial charge in [0.15, 0.2) is 12.6 Å². The van der Waals surface area contributed by atoms with E-state index in [9.17, 15) is 8.78 Å². The van der Waals surface area contributed by atoms with Gasteiger partial charge < -0.3 is 0 Å². The lowest BCUT2D eigenvalue weighted by atomic mass is 10.3. The van der Waals surface area contributed by atoms with Crippen molar-refractivity contribution >= 4 is 0 Å². The fourth-order valence-corrected chi connectivity index (χ4v) is 1.24. The molecule has 1 aliphatic rings. The molecule has 0 aliphatic carbocycles. The monoisotopic (exact) mass is 164 g/mol. The van der Waals surface area contributed by atoms with E-state index in [4.69, 9.17) is 0 Å². The molecule has 0 radical (unpaired) electrons. The lowest BCUT2D eigenvalue weighted by Gasteiger charge is -2.37. The van der Waals surface area contributed by atoms with Crippen molar-refractivity contribution in [1.82, 2.24) is 9.80 Å². The predicted molar refractivity (Wildman–Crippen MR) is 39.7 cm³/mol. The zero-order valence-electron chi connectivity index (χ0n) is 6.93. The zero-order valence-corrected chi connectivity index (χ0v) is 6.93. The van der Waals surface area contributed by atoms with Crippen LogP contribution in [-0.4, -0.2) is 49.1 Å². The van der Waals surface area contributed by atoms with Crippen molar-refractivity contribution in [2.75, 3.05) is 26.7 Å². The van der Waals surface area contributed by atoms with Gasteiger partial charge in [0.1, 0.15) is 0 Å². The molecule has 4 heteroatoms. The van der Waals surface area contributed by atoms with Crippen LogP contribution < -0.4 is 0 Å². The average molecular weight is 164 g/mol. The van der Waals surface area contributed by atoms with E-state index in [0.717, 1.165) is 0 Å². The van der Waals surface area contributed by atoms with Gasteiger partial charge in [0.2, 0.25) is 0 Å². The van der Waals surface area contributed by atoms with E-state index in [2.05, 4.69) is 0 Å². The summed E-state index contributed by atoms with van der Waals surface area (Å²) < 4.78 is 25.9. The molecule has 0 N–H and O–H groups in total. The van der Waals surface area contributed by atoms with Gasteiger partial charge in [-0.25, -0.2) is 8.78 Å². The Balaban J connectivity index is 2.48. The van der Waals surface area contributed by atoms with Crippen LogP contribution in [0.4, 0.5) is 8.78 Å². The highest BCUT2D eigenvalue weighted by atomic mass is 19.1. The molecule has 0 amide bonds. The first-order valence-corrected chi connectivity index (χ1v) is 3.87. The summed E-state index contributed by atoms with van der Waals surface area (Å²) in [4.78, 5) is 2.90. The molecule has 0 aromatic rings. The number of likely N-dealkylation sites (N-methyl/N-ethyl adjacent to an activating group) is 2. The fourth-order valence-electron chi connectivity index (χ4n) is 1.24. The maximum atomic E-state index is 13.0. The number of hydrogen-bond donors (Lipinski definition) is 0. The Labute approximate surface area is 65.8 Å². The van der Waals surface area contributed by atoms with Crippen LogP contribution in [-0.2, 0) is 0 Å². The normalized spacial score (nSPS) is 36.0. The Kier molecular flexibility index (Phi) is 2.78. The van der Waals surface area contributed by atoms with Gasteiger partial charge in [0.25, 0.3) is 0 Å². The van der Waals surface area contributed by atoms with Crippen LogP contribution in [0.5, 0.6) is 0 Å². The van der Waals surface area contributed by atoms with Crippen molar-refractivity contribution in [1.29, 1.82) is 0 Å². The fraction of sp³-hybridized carbons (Fsp3) is 1.00. The maximum absolute atomic E-state index is 13.0. The lowest BCUT2D eigenvalue weighted by Crippen LogP contribution is -2.53. The van der Waals surface area contributed by atoms with E-state index in [1.54, 1.807) is 7.05 Å². The lowest BCUT2D eigenvalue weighted by molar-refractivity contribution is -0.0605. The second-order valence-electron chi connectivity index (χ2n) is 2.90. The summed E-state index contributed by atoms with van der Waals surface area (Å²) in [6.07, 6.45) is -2.01. The maximum Gasteiger partial charge on any atom is 0.166 e.